The number of rotatable bonds is 5. The van der Waals surface area contributed by atoms with E-state index in [4.69, 9.17) is 5.11 Å². The summed E-state index contributed by atoms with van der Waals surface area (Å²) in [5.74, 6) is -0.879. The largest absolute Gasteiger partial charge is 0.481 e. The van der Waals surface area contributed by atoms with Gasteiger partial charge in [0.2, 0.25) is 0 Å². The summed E-state index contributed by atoms with van der Waals surface area (Å²) >= 11 is 0. The predicted octanol–water partition coefficient (Wildman–Crippen LogP) is 2.46. The van der Waals surface area contributed by atoms with Crippen LogP contribution in [0.15, 0.2) is 0 Å². The third-order valence-electron chi connectivity index (χ3n) is 3.98. The lowest BCUT2D eigenvalue weighted by Gasteiger charge is -2.29. The topological polar surface area (TPSA) is 69.6 Å². The zero-order valence-corrected chi connectivity index (χ0v) is 12.1. The number of amides is 2. The molecule has 0 aliphatic heterocycles. The van der Waals surface area contributed by atoms with E-state index in [1.54, 1.807) is 7.05 Å². The Morgan fingerprint density at radius 2 is 1.79 bits per heavy atom. The Bertz CT molecular complexity index is 310. The Hall–Kier alpha value is -1.26. The van der Waals surface area contributed by atoms with Crippen molar-refractivity contribution in [3.05, 3.63) is 0 Å². The maximum atomic E-state index is 11.8. The summed E-state index contributed by atoms with van der Waals surface area (Å²) in [6, 6.07) is -0.174. The molecule has 0 heterocycles. The first-order chi connectivity index (χ1) is 8.93. The lowest BCUT2D eigenvalue weighted by Crippen LogP contribution is -2.43. The van der Waals surface area contributed by atoms with E-state index >= 15 is 0 Å². The van der Waals surface area contributed by atoms with Crippen LogP contribution in [0.25, 0.3) is 0 Å². The van der Waals surface area contributed by atoms with Crippen LogP contribution in [-0.2, 0) is 4.79 Å². The molecule has 2 amide bonds. The molecule has 5 nitrogen and oxygen atoms in total. The molecule has 1 rings (SSSR count). The average Bonchev–Trinajstić information content (AvgIpc) is 2.58. The minimum absolute atomic E-state index is 0.0127. The van der Waals surface area contributed by atoms with Crippen LogP contribution in [0.2, 0.25) is 0 Å². The molecule has 0 unspecified atom stereocenters. The van der Waals surface area contributed by atoms with E-state index in [2.05, 4.69) is 12.2 Å². The molecule has 0 atom stereocenters. The normalized spacial score (nSPS) is 18.4. The highest BCUT2D eigenvalue weighted by Gasteiger charge is 2.26. The Balaban J connectivity index is 2.33. The van der Waals surface area contributed by atoms with Gasteiger partial charge in [0.25, 0.3) is 0 Å². The number of carboxylic acids is 1. The van der Waals surface area contributed by atoms with Crippen LogP contribution in [0, 0.1) is 5.41 Å². The zero-order valence-electron chi connectivity index (χ0n) is 12.1. The number of hydrogen-bond acceptors (Lipinski definition) is 2. The molecule has 1 fully saturated rings. The van der Waals surface area contributed by atoms with Crippen LogP contribution in [0.1, 0.15) is 51.9 Å². The minimum Gasteiger partial charge on any atom is -0.481 e. The van der Waals surface area contributed by atoms with Gasteiger partial charge in [0.1, 0.15) is 0 Å². The lowest BCUT2D eigenvalue weighted by atomic mass is 9.82. The molecule has 1 aliphatic rings. The number of hydrogen-bond donors (Lipinski definition) is 2. The molecule has 5 heteroatoms. The molecule has 1 aliphatic carbocycles. The molecule has 1 saturated carbocycles. The number of urea groups is 1. The summed E-state index contributed by atoms with van der Waals surface area (Å²) in [4.78, 5) is 23.7. The van der Waals surface area contributed by atoms with Gasteiger partial charge in [-0.15, -0.1) is 0 Å². The zero-order chi connectivity index (χ0) is 14.3. The molecule has 0 bridgehead atoms. The Morgan fingerprint density at radius 3 is 2.32 bits per heavy atom. The summed E-state index contributed by atoms with van der Waals surface area (Å²) in [7, 11) is 1.63. The van der Waals surface area contributed by atoms with Crippen LogP contribution in [0.3, 0.4) is 0 Å². The number of carbonyl (C=O) groups excluding carboxylic acids is 1. The molecule has 2 N–H and O–H groups in total. The molecular formula is C14H26N2O3. The van der Waals surface area contributed by atoms with Gasteiger partial charge in [0.05, 0.1) is 6.42 Å². The van der Waals surface area contributed by atoms with Crippen molar-refractivity contribution in [3.63, 3.8) is 0 Å². The van der Waals surface area contributed by atoms with Crippen molar-refractivity contribution in [3.8, 4) is 0 Å². The van der Waals surface area contributed by atoms with Crippen molar-refractivity contribution in [2.45, 2.75) is 51.9 Å². The fourth-order valence-electron chi connectivity index (χ4n) is 2.55. The highest BCUT2D eigenvalue weighted by Crippen LogP contribution is 2.33. The van der Waals surface area contributed by atoms with Gasteiger partial charge in [-0.05, 0) is 18.3 Å². The van der Waals surface area contributed by atoms with Crippen LogP contribution in [-0.4, -0.2) is 42.1 Å². The number of nitrogens with one attached hydrogen (secondary N) is 1. The molecule has 0 saturated heterocycles. The van der Waals surface area contributed by atoms with Gasteiger partial charge in [0.15, 0.2) is 0 Å². The molecule has 0 radical (unpaired) electrons. The second-order valence-corrected chi connectivity index (χ2v) is 5.95. The maximum absolute atomic E-state index is 11.8. The van der Waals surface area contributed by atoms with Crippen molar-refractivity contribution in [1.29, 1.82) is 0 Å². The molecule has 110 valence electrons. The summed E-state index contributed by atoms with van der Waals surface area (Å²) in [5, 5.41) is 11.5. The highest BCUT2D eigenvalue weighted by atomic mass is 16.4. The molecule has 0 aromatic rings. The third kappa shape index (κ3) is 5.94. The summed E-state index contributed by atoms with van der Waals surface area (Å²) < 4.78 is 0. The number of carboxylic acid groups (broad SMARTS) is 1. The van der Waals surface area contributed by atoms with Crippen LogP contribution >= 0.6 is 0 Å². The first kappa shape index (κ1) is 15.8. The summed E-state index contributed by atoms with van der Waals surface area (Å²) in [6.07, 6.45) is 7.37. The molecule has 19 heavy (non-hydrogen) atoms. The number of carbonyl (C=O) groups is 2. The van der Waals surface area contributed by atoms with Crippen molar-refractivity contribution >= 4 is 12.0 Å². The maximum Gasteiger partial charge on any atom is 0.317 e. The minimum atomic E-state index is -0.879. The van der Waals surface area contributed by atoms with E-state index < -0.39 is 5.97 Å². The van der Waals surface area contributed by atoms with Gasteiger partial charge in [-0.2, -0.15) is 0 Å². The Morgan fingerprint density at radius 1 is 1.21 bits per heavy atom. The monoisotopic (exact) mass is 270 g/mol. The fourth-order valence-corrected chi connectivity index (χ4v) is 2.55. The van der Waals surface area contributed by atoms with Crippen LogP contribution in [0.4, 0.5) is 4.79 Å². The van der Waals surface area contributed by atoms with E-state index in [0.717, 1.165) is 12.8 Å². The predicted molar refractivity (Wildman–Crippen MR) is 74.1 cm³/mol. The first-order valence-electron chi connectivity index (χ1n) is 7.14. The van der Waals surface area contributed by atoms with Gasteiger partial charge in [-0.1, -0.05) is 32.6 Å². The van der Waals surface area contributed by atoms with Crippen LogP contribution < -0.4 is 5.32 Å². The number of nitrogens with zero attached hydrogens (tertiary/aromatic N) is 1. The van der Waals surface area contributed by atoms with Crippen LogP contribution in [0.5, 0.6) is 0 Å². The summed E-state index contributed by atoms with van der Waals surface area (Å²) in [6.45, 7) is 3.16. The standard InChI is InChI=1S/C14H26N2O3/c1-14(8-5-3-4-6-9-14)11-15-13(19)16(2)10-7-12(17)18/h3-11H2,1-2H3,(H,15,19)(H,17,18). The summed E-state index contributed by atoms with van der Waals surface area (Å²) in [5.41, 5.74) is 0.194. The first-order valence-corrected chi connectivity index (χ1v) is 7.14. The quantitative estimate of drug-likeness (QED) is 0.754. The van der Waals surface area contributed by atoms with Gasteiger partial charge >= 0.3 is 12.0 Å². The SMILES string of the molecule is CN(CCC(=O)O)C(=O)NCC1(C)CCCCCC1. The van der Waals surface area contributed by atoms with Crippen molar-refractivity contribution in [2.24, 2.45) is 5.41 Å². The van der Waals surface area contributed by atoms with E-state index in [0.29, 0.717) is 6.54 Å². The van der Waals surface area contributed by atoms with E-state index in [1.807, 2.05) is 0 Å². The molecular weight excluding hydrogens is 244 g/mol. The molecule has 0 aromatic heterocycles. The van der Waals surface area contributed by atoms with Gasteiger partial charge in [-0.3, -0.25) is 4.79 Å². The van der Waals surface area contributed by atoms with E-state index in [9.17, 15) is 9.59 Å². The second kappa shape index (κ2) is 7.36. The fraction of sp³-hybridized carbons (Fsp3) is 0.857. The highest BCUT2D eigenvalue weighted by molar-refractivity contribution is 5.75. The second-order valence-electron chi connectivity index (χ2n) is 5.95. The third-order valence-corrected chi connectivity index (χ3v) is 3.98. The van der Waals surface area contributed by atoms with E-state index in [-0.39, 0.29) is 24.4 Å². The van der Waals surface area contributed by atoms with Crippen molar-refractivity contribution in [1.82, 2.24) is 10.2 Å². The average molecular weight is 270 g/mol. The molecule has 0 spiro atoms. The Kier molecular flexibility index (Phi) is 6.12. The van der Waals surface area contributed by atoms with Gasteiger partial charge in [0, 0.05) is 20.1 Å². The smallest absolute Gasteiger partial charge is 0.317 e. The Labute approximate surface area is 115 Å². The molecule has 0 aromatic carbocycles. The van der Waals surface area contributed by atoms with E-state index in [1.165, 1.54) is 30.6 Å². The van der Waals surface area contributed by atoms with Gasteiger partial charge in [-0.25, -0.2) is 4.79 Å². The van der Waals surface area contributed by atoms with Crippen molar-refractivity contribution in [2.75, 3.05) is 20.1 Å². The lowest BCUT2D eigenvalue weighted by molar-refractivity contribution is -0.137. The number of aliphatic carboxylic acids is 1. The van der Waals surface area contributed by atoms with Crippen molar-refractivity contribution < 1.29 is 14.7 Å². The van der Waals surface area contributed by atoms with Gasteiger partial charge < -0.3 is 15.3 Å².